The highest BCUT2D eigenvalue weighted by atomic mass is 16.3. The van der Waals surface area contributed by atoms with Crippen molar-refractivity contribution in [3.8, 4) is 11.3 Å². The molecule has 1 N–H and O–H groups in total. The molecule has 1 aromatic heterocycles. The quantitative estimate of drug-likeness (QED) is 0.543. The van der Waals surface area contributed by atoms with Crippen LogP contribution in [-0.4, -0.2) is 24.0 Å². The van der Waals surface area contributed by atoms with Crippen LogP contribution in [0.2, 0.25) is 0 Å². The Morgan fingerprint density at radius 2 is 1.93 bits per heavy atom. The molecule has 0 bridgehead atoms. The molecule has 2 aromatic rings. The zero-order valence-electron chi connectivity index (χ0n) is 15.4. The summed E-state index contributed by atoms with van der Waals surface area (Å²) < 4.78 is 4.98. The minimum Gasteiger partial charge on any atom is -0.472 e. The van der Waals surface area contributed by atoms with Crippen LogP contribution in [0.1, 0.15) is 24.2 Å². The number of furan rings is 1. The van der Waals surface area contributed by atoms with Gasteiger partial charge in [-0.05, 0) is 38.1 Å². The van der Waals surface area contributed by atoms with Crippen LogP contribution in [0.25, 0.3) is 22.2 Å². The second kappa shape index (κ2) is 7.11. The first-order valence-corrected chi connectivity index (χ1v) is 9.12. The number of hydrogen-bond donors (Lipinski definition) is 1. The van der Waals surface area contributed by atoms with Gasteiger partial charge in [-0.1, -0.05) is 24.3 Å². The standard InChI is InChI=1S/C22H21N3O2/c1-3-25(4-2)20-10-6-9-18-17-8-5-7-16(13-19(17)24-21(18)20)23-22(26)15-11-12-27-14-15/h5-14H,3-4H2,1-2H3,(H,23,26). The fourth-order valence-corrected chi connectivity index (χ4v) is 3.41. The second-order valence-electron chi connectivity index (χ2n) is 6.35. The highest BCUT2D eigenvalue weighted by Gasteiger charge is 2.16. The first-order chi connectivity index (χ1) is 13.2. The van der Waals surface area contributed by atoms with Gasteiger partial charge in [-0.2, -0.15) is 0 Å². The average molecular weight is 359 g/mol. The number of nitrogens with one attached hydrogen (secondary N) is 1. The van der Waals surface area contributed by atoms with Crippen molar-refractivity contribution in [3.05, 3.63) is 66.6 Å². The Balaban J connectivity index is 1.78. The second-order valence-corrected chi connectivity index (χ2v) is 6.35. The highest BCUT2D eigenvalue weighted by molar-refractivity contribution is 6.06. The Bertz CT molecular complexity index is 1050. The van der Waals surface area contributed by atoms with Gasteiger partial charge in [-0.15, -0.1) is 0 Å². The molecule has 1 amide bonds. The van der Waals surface area contributed by atoms with Crippen LogP contribution in [0.3, 0.4) is 0 Å². The molecule has 0 spiro atoms. The van der Waals surface area contributed by atoms with E-state index in [0.717, 1.165) is 40.9 Å². The Kier molecular flexibility index (Phi) is 4.50. The third kappa shape index (κ3) is 3.12. The van der Waals surface area contributed by atoms with Crippen LogP contribution in [0, 0.1) is 0 Å². The molecule has 5 heteroatoms. The predicted molar refractivity (Wildman–Crippen MR) is 109 cm³/mol. The summed E-state index contributed by atoms with van der Waals surface area (Å²) in [6.45, 7) is 6.15. The van der Waals surface area contributed by atoms with Gasteiger partial charge in [0.2, 0.25) is 0 Å². The van der Waals surface area contributed by atoms with E-state index in [0.29, 0.717) is 11.3 Å². The van der Waals surface area contributed by atoms with Crippen molar-refractivity contribution < 1.29 is 9.21 Å². The summed E-state index contributed by atoms with van der Waals surface area (Å²) in [4.78, 5) is 19.5. The summed E-state index contributed by atoms with van der Waals surface area (Å²) in [5.41, 5.74) is 5.25. The molecule has 2 aliphatic rings. The fraction of sp³-hybridized carbons (Fsp3) is 0.182. The van der Waals surface area contributed by atoms with Crippen molar-refractivity contribution in [3.63, 3.8) is 0 Å². The number of amides is 1. The molecule has 136 valence electrons. The molecule has 1 aliphatic heterocycles. The maximum absolute atomic E-state index is 12.3. The van der Waals surface area contributed by atoms with Crippen molar-refractivity contribution in [1.82, 2.24) is 4.98 Å². The van der Waals surface area contributed by atoms with Gasteiger partial charge < -0.3 is 14.6 Å². The van der Waals surface area contributed by atoms with E-state index < -0.39 is 0 Å². The fourth-order valence-electron chi connectivity index (χ4n) is 3.41. The van der Waals surface area contributed by atoms with E-state index >= 15 is 0 Å². The molecule has 0 unspecified atom stereocenters. The van der Waals surface area contributed by atoms with Crippen molar-refractivity contribution >= 4 is 28.2 Å². The molecule has 4 rings (SSSR count). The summed E-state index contributed by atoms with van der Waals surface area (Å²) in [5.74, 6) is -0.206. The van der Waals surface area contributed by atoms with E-state index in [2.05, 4.69) is 42.3 Å². The van der Waals surface area contributed by atoms with Crippen LogP contribution >= 0.6 is 0 Å². The summed E-state index contributed by atoms with van der Waals surface area (Å²) in [7, 11) is 0. The van der Waals surface area contributed by atoms with Crippen molar-refractivity contribution in [2.75, 3.05) is 23.3 Å². The largest absolute Gasteiger partial charge is 0.472 e. The summed E-state index contributed by atoms with van der Waals surface area (Å²) in [5, 5.41) is 4.03. The van der Waals surface area contributed by atoms with E-state index in [9.17, 15) is 4.79 Å². The molecule has 2 heterocycles. The molecule has 1 aromatic carbocycles. The highest BCUT2D eigenvalue weighted by Crippen LogP contribution is 2.36. The zero-order chi connectivity index (χ0) is 18.8. The average Bonchev–Trinajstić information content (AvgIpc) is 3.28. The first-order valence-electron chi connectivity index (χ1n) is 9.12. The van der Waals surface area contributed by atoms with E-state index in [1.165, 1.54) is 12.5 Å². The van der Waals surface area contributed by atoms with Crippen LogP contribution in [-0.2, 0) is 0 Å². The number of carbonyl (C=O) groups excluding carboxylic acids is 1. The Hall–Kier alpha value is -3.34. The van der Waals surface area contributed by atoms with Crippen LogP contribution in [0.4, 0.5) is 11.4 Å². The van der Waals surface area contributed by atoms with Crippen LogP contribution in [0.15, 0.2) is 65.5 Å². The topological polar surface area (TPSA) is 58.4 Å². The number of anilines is 2. The molecular formula is C22H21N3O2. The lowest BCUT2D eigenvalue weighted by Crippen LogP contribution is -2.21. The van der Waals surface area contributed by atoms with Gasteiger partial charge in [0.05, 0.1) is 28.7 Å². The number of para-hydroxylation sites is 1. The molecular weight excluding hydrogens is 338 g/mol. The van der Waals surface area contributed by atoms with Crippen LogP contribution < -0.4 is 10.2 Å². The SMILES string of the molecule is CCN(CC)c1cccc2c3cccc(NC(=O)c4ccoc4)cc-3nc12. The Morgan fingerprint density at radius 1 is 1.11 bits per heavy atom. The summed E-state index contributed by atoms with van der Waals surface area (Å²) in [6, 6.07) is 15.7. The summed E-state index contributed by atoms with van der Waals surface area (Å²) in [6.07, 6.45) is 2.91. The maximum Gasteiger partial charge on any atom is 0.258 e. The minimum atomic E-state index is -0.206. The molecule has 0 fully saturated rings. The van der Waals surface area contributed by atoms with E-state index in [1.54, 1.807) is 6.07 Å². The Morgan fingerprint density at radius 3 is 2.67 bits per heavy atom. The van der Waals surface area contributed by atoms with Gasteiger partial charge in [0.1, 0.15) is 6.26 Å². The van der Waals surface area contributed by atoms with Gasteiger partial charge in [-0.3, -0.25) is 4.79 Å². The third-order valence-electron chi connectivity index (χ3n) is 4.79. The number of carbonyl (C=O) groups is 1. The lowest BCUT2D eigenvalue weighted by atomic mass is 10.1. The lowest BCUT2D eigenvalue weighted by Gasteiger charge is -2.21. The van der Waals surface area contributed by atoms with Gasteiger partial charge >= 0.3 is 0 Å². The molecule has 0 saturated heterocycles. The molecule has 1 aliphatic carbocycles. The van der Waals surface area contributed by atoms with Gasteiger partial charge in [-0.25, -0.2) is 4.98 Å². The zero-order valence-corrected chi connectivity index (χ0v) is 15.4. The van der Waals surface area contributed by atoms with E-state index in [1.807, 2.05) is 24.3 Å². The molecule has 0 atom stereocenters. The first kappa shape index (κ1) is 17.1. The molecule has 0 radical (unpaired) electrons. The van der Waals surface area contributed by atoms with Crippen molar-refractivity contribution in [2.45, 2.75) is 13.8 Å². The molecule has 27 heavy (non-hydrogen) atoms. The van der Waals surface area contributed by atoms with E-state index in [4.69, 9.17) is 9.40 Å². The third-order valence-corrected chi connectivity index (χ3v) is 4.79. The number of fused-ring (bicyclic) bond motifs is 3. The normalized spacial score (nSPS) is 11.0. The lowest BCUT2D eigenvalue weighted by molar-refractivity contribution is 0.102. The van der Waals surface area contributed by atoms with Gasteiger partial charge in [0.15, 0.2) is 0 Å². The summed E-state index contributed by atoms with van der Waals surface area (Å²) >= 11 is 0. The Labute approximate surface area is 158 Å². The van der Waals surface area contributed by atoms with Gasteiger partial charge in [0.25, 0.3) is 5.91 Å². The number of rotatable bonds is 5. The van der Waals surface area contributed by atoms with Crippen molar-refractivity contribution in [2.24, 2.45) is 0 Å². The van der Waals surface area contributed by atoms with Crippen LogP contribution in [0.5, 0.6) is 0 Å². The molecule has 0 saturated carbocycles. The maximum atomic E-state index is 12.3. The number of aromatic nitrogens is 1. The number of benzene rings is 1. The van der Waals surface area contributed by atoms with E-state index in [-0.39, 0.29) is 5.91 Å². The predicted octanol–water partition coefficient (Wildman–Crippen LogP) is 5.03. The van der Waals surface area contributed by atoms with Crippen molar-refractivity contribution in [1.29, 1.82) is 0 Å². The van der Waals surface area contributed by atoms with Gasteiger partial charge in [0, 0.05) is 29.7 Å². The number of hydrogen-bond acceptors (Lipinski definition) is 4. The number of nitrogens with zero attached hydrogens (tertiary/aromatic N) is 2. The minimum absolute atomic E-state index is 0.206. The smallest absolute Gasteiger partial charge is 0.258 e. The monoisotopic (exact) mass is 359 g/mol. The molecule has 5 nitrogen and oxygen atoms in total.